The molecular formula is C17H19Cl2NO. The Hall–Kier alpha value is -1.22. The lowest BCUT2D eigenvalue weighted by Gasteiger charge is -2.19. The molecule has 0 amide bonds. The first-order chi connectivity index (χ1) is 10.2. The van der Waals surface area contributed by atoms with Gasteiger partial charge in [0, 0.05) is 5.92 Å². The number of ether oxygens (including phenoxy) is 1. The molecule has 1 unspecified atom stereocenters. The van der Waals surface area contributed by atoms with Crippen LogP contribution < -0.4 is 10.5 Å². The lowest BCUT2D eigenvalue weighted by molar-refractivity contribution is 0.334. The van der Waals surface area contributed by atoms with Crippen molar-refractivity contribution in [3.63, 3.8) is 0 Å². The maximum Gasteiger partial charge on any atom is 0.122 e. The van der Waals surface area contributed by atoms with Gasteiger partial charge >= 0.3 is 0 Å². The Balaban J connectivity index is 2.30. The van der Waals surface area contributed by atoms with Crippen molar-refractivity contribution in [3.8, 4) is 5.75 Å². The minimum atomic E-state index is 0.142. The number of para-hydroxylation sites is 1. The summed E-state index contributed by atoms with van der Waals surface area (Å²) in [5.74, 6) is 1.03. The molecule has 0 fully saturated rings. The van der Waals surface area contributed by atoms with Crippen molar-refractivity contribution in [2.45, 2.75) is 19.3 Å². The molecular weight excluding hydrogens is 305 g/mol. The third kappa shape index (κ3) is 3.91. The van der Waals surface area contributed by atoms with E-state index >= 15 is 0 Å². The number of nitrogens with two attached hydrogens (primary N) is 1. The highest BCUT2D eigenvalue weighted by atomic mass is 35.5. The van der Waals surface area contributed by atoms with Crippen LogP contribution in [0.4, 0.5) is 0 Å². The molecule has 0 bridgehead atoms. The van der Waals surface area contributed by atoms with Gasteiger partial charge < -0.3 is 10.5 Å². The van der Waals surface area contributed by atoms with Crippen LogP contribution in [0.25, 0.3) is 0 Å². The zero-order chi connectivity index (χ0) is 15.2. The highest BCUT2D eigenvalue weighted by Crippen LogP contribution is 2.33. The van der Waals surface area contributed by atoms with Gasteiger partial charge in [0.1, 0.15) is 5.75 Å². The molecule has 112 valence electrons. The summed E-state index contributed by atoms with van der Waals surface area (Å²) in [6, 6.07) is 13.7. The van der Waals surface area contributed by atoms with Crippen molar-refractivity contribution in [1.82, 2.24) is 0 Å². The van der Waals surface area contributed by atoms with Crippen LogP contribution in [-0.4, -0.2) is 13.2 Å². The van der Waals surface area contributed by atoms with Crippen molar-refractivity contribution in [1.29, 1.82) is 0 Å². The van der Waals surface area contributed by atoms with E-state index in [1.807, 2.05) is 37.3 Å². The van der Waals surface area contributed by atoms with Crippen LogP contribution in [0.1, 0.15) is 24.0 Å². The maximum atomic E-state index is 6.28. The average Bonchev–Trinajstić information content (AvgIpc) is 2.50. The molecule has 0 aliphatic heterocycles. The van der Waals surface area contributed by atoms with Crippen LogP contribution in [0.2, 0.25) is 10.0 Å². The molecule has 0 heterocycles. The van der Waals surface area contributed by atoms with Crippen LogP contribution in [0.15, 0.2) is 42.5 Å². The van der Waals surface area contributed by atoms with Gasteiger partial charge in [-0.1, -0.05) is 53.5 Å². The molecule has 21 heavy (non-hydrogen) atoms. The third-order valence-electron chi connectivity index (χ3n) is 3.44. The quantitative estimate of drug-likeness (QED) is 0.837. The normalized spacial score (nSPS) is 12.2. The Bertz CT molecular complexity index is 601. The second kappa shape index (κ2) is 7.69. The summed E-state index contributed by atoms with van der Waals surface area (Å²) in [5, 5.41) is 1.18. The van der Waals surface area contributed by atoms with Gasteiger partial charge in [-0.05, 0) is 43.1 Å². The van der Waals surface area contributed by atoms with Crippen LogP contribution in [-0.2, 0) is 6.42 Å². The van der Waals surface area contributed by atoms with Crippen molar-refractivity contribution in [2.24, 2.45) is 5.73 Å². The Morgan fingerprint density at radius 1 is 1.10 bits per heavy atom. The fourth-order valence-electron chi connectivity index (χ4n) is 2.40. The van der Waals surface area contributed by atoms with E-state index in [2.05, 4.69) is 6.07 Å². The van der Waals surface area contributed by atoms with Crippen molar-refractivity contribution >= 4 is 23.2 Å². The van der Waals surface area contributed by atoms with Gasteiger partial charge in [-0.3, -0.25) is 0 Å². The molecule has 0 saturated carbocycles. The van der Waals surface area contributed by atoms with Gasteiger partial charge in [0.05, 0.1) is 16.7 Å². The zero-order valence-electron chi connectivity index (χ0n) is 12.0. The second-order valence-electron chi connectivity index (χ2n) is 4.82. The fourth-order valence-corrected chi connectivity index (χ4v) is 2.79. The summed E-state index contributed by atoms with van der Waals surface area (Å²) in [5.41, 5.74) is 8.09. The minimum Gasteiger partial charge on any atom is -0.494 e. The fraction of sp³-hybridized carbons (Fsp3) is 0.294. The van der Waals surface area contributed by atoms with E-state index in [0.29, 0.717) is 23.2 Å². The standard InChI is InChI=1S/C17H19Cl2NO/c1-2-21-16-9-4-3-7-14(16)13(11-20)10-12-6-5-8-15(18)17(12)19/h3-9,13H,2,10-11,20H2,1H3. The van der Waals surface area contributed by atoms with E-state index in [-0.39, 0.29) is 5.92 Å². The molecule has 4 heteroatoms. The third-order valence-corrected chi connectivity index (χ3v) is 4.30. The van der Waals surface area contributed by atoms with Gasteiger partial charge in [0.2, 0.25) is 0 Å². The highest BCUT2D eigenvalue weighted by molar-refractivity contribution is 6.42. The van der Waals surface area contributed by atoms with E-state index in [4.69, 9.17) is 33.7 Å². The van der Waals surface area contributed by atoms with Crippen LogP contribution in [0, 0.1) is 0 Å². The summed E-state index contributed by atoms with van der Waals surface area (Å²) in [4.78, 5) is 0. The van der Waals surface area contributed by atoms with Crippen molar-refractivity contribution < 1.29 is 4.74 Å². The van der Waals surface area contributed by atoms with Gasteiger partial charge in [0.25, 0.3) is 0 Å². The SMILES string of the molecule is CCOc1ccccc1C(CN)Cc1cccc(Cl)c1Cl. The average molecular weight is 324 g/mol. The molecule has 0 spiro atoms. The first-order valence-corrected chi connectivity index (χ1v) is 7.77. The summed E-state index contributed by atoms with van der Waals surface area (Å²) in [6.07, 6.45) is 0.736. The minimum absolute atomic E-state index is 0.142. The van der Waals surface area contributed by atoms with Crippen LogP contribution >= 0.6 is 23.2 Å². The zero-order valence-corrected chi connectivity index (χ0v) is 13.5. The Morgan fingerprint density at radius 3 is 2.57 bits per heavy atom. The van der Waals surface area contributed by atoms with Crippen LogP contribution in [0.5, 0.6) is 5.75 Å². The number of rotatable bonds is 6. The molecule has 0 radical (unpaired) electrons. The molecule has 2 nitrogen and oxygen atoms in total. The van der Waals surface area contributed by atoms with E-state index in [9.17, 15) is 0 Å². The lowest BCUT2D eigenvalue weighted by atomic mass is 9.91. The molecule has 2 aromatic carbocycles. The first-order valence-electron chi connectivity index (χ1n) is 7.02. The van der Waals surface area contributed by atoms with E-state index in [0.717, 1.165) is 23.3 Å². The summed E-state index contributed by atoms with van der Waals surface area (Å²) in [6.45, 7) is 3.13. The predicted octanol–water partition coefficient (Wildman–Crippen LogP) is 4.68. The molecule has 2 rings (SSSR count). The lowest BCUT2D eigenvalue weighted by Crippen LogP contribution is -2.16. The molecule has 1 atom stereocenters. The Morgan fingerprint density at radius 2 is 1.86 bits per heavy atom. The molecule has 2 aromatic rings. The van der Waals surface area contributed by atoms with Gasteiger partial charge in [-0.25, -0.2) is 0 Å². The smallest absolute Gasteiger partial charge is 0.122 e. The van der Waals surface area contributed by atoms with Crippen molar-refractivity contribution in [3.05, 3.63) is 63.6 Å². The molecule has 0 aliphatic rings. The summed E-state index contributed by atoms with van der Waals surface area (Å²) < 4.78 is 5.70. The molecule has 0 aliphatic carbocycles. The summed E-state index contributed by atoms with van der Waals surface area (Å²) >= 11 is 12.4. The van der Waals surface area contributed by atoms with Gasteiger partial charge in [0.15, 0.2) is 0 Å². The predicted molar refractivity (Wildman–Crippen MR) is 89.6 cm³/mol. The Kier molecular flexibility index (Phi) is 5.92. The largest absolute Gasteiger partial charge is 0.494 e. The second-order valence-corrected chi connectivity index (χ2v) is 5.61. The maximum absolute atomic E-state index is 6.28. The molecule has 2 N–H and O–H groups in total. The van der Waals surface area contributed by atoms with Crippen LogP contribution in [0.3, 0.4) is 0 Å². The monoisotopic (exact) mass is 323 g/mol. The van der Waals surface area contributed by atoms with E-state index < -0.39 is 0 Å². The number of benzene rings is 2. The molecule has 0 aromatic heterocycles. The topological polar surface area (TPSA) is 35.2 Å². The highest BCUT2D eigenvalue weighted by Gasteiger charge is 2.17. The Labute approximate surface area is 135 Å². The summed E-state index contributed by atoms with van der Waals surface area (Å²) in [7, 11) is 0. The van der Waals surface area contributed by atoms with Gasteiger partial charge in [-0.15, -0.1) is 0 Å². The number of hydrogen-bond acceptors (Lipinski definition) is 2. The number of hydrogen-bond donors (Lipinski definition) is 1. The molecule has 0 saturated heterocycles. The first kappa shape index (κ1) is 16.2. The number of halogens is 2. The van der Waals surface area contributed by atoms with Gasteiger partial charge in [-0.2, -0.15) is 0 Å². The van der Waals surface area contributed by atoms with E-state index in [1.54, 1.807) is 6.07 Å². The van der Waals surface area contributed by atoms with Crippen molar-refractivity contribution in [2.75, 3.05) is 13.2 Å². The van der Waals surface area contributed by atoms with E-state index in [1.165, 1.54) is 0 Å².